The fraction of sp³-hybridized carbons (Fsp3) is 0.933. The molecule has 2 fully saturated rings. The fourth-order valence-electron chi connectivity index (χ4n) is 3.31. The first-order valence-corrected chi connectivity index (χ1v) is 9.01. The van der Waals surface area contributed by atoms with Crippen LogP contribution >= 0.6 is 11.8 Å². The fourth-order valence-corrected chi connectivity index (χ4v) is 4.39. The van der Waals surface area contributed by atoms with E-state index in [0.29, 0.717) is 11.5 Å². The Morgan fingerprint density at radius 1 is 1.45 bits per heavy atom. The molecule has 0 bridgehead atoms. The third kappa shape index (κ3) is 4.93. The standard InChI is InChI=1S/C15H29N3OS/c1-13(19)17-7-8-18(14-3-9-20-10-4-14)12-15(2)5-6-16-11-15/h14,16H,3-12H2,1-2H3,(H,17,19). The molecule has 1 unspecified atom stereocenters. The summed E-state index contributed by atoms with van der Waals surface area (Å²) < 4.78 is 0. The lowest BCUT2D eigenvalue weighted by molar-refractivity contribution is -0.119. The molecule has 0 aromatic rings. The van der Waals surface area contributed by atoms with Crippen LogP contribution in [-0.2, 0) is 4.79 Å². The Balaban J connectivity index is 1.89. The Labute approximate surface area is 127 Å². The molecule has 0 aromatic carbocycles. The Hall–Kier alpha value is -0.260. The molecule has 2 N–H and O–H groups in total. The molecule has 0 aliphatic carbocycles. The SMILES string of the molecule is CC(=O)NCCN(CC1(C)CCNC1)C1CCSCC1. The van der Waals surface area contributed by atoms with Crippen LogP contribution in [0.3, 0.4) is 0 Å². The van der Waals surface area contributed by atoms with Crippen molar-refractivity contribution in [3.8, 4) is 0 Å². The van der Waals surface area contributed by atoms with Gasteiger partial charge in [-0.25, -0.2) is 0 Å². The highest BCUT2D eigenvalue weighted by atomic mass is 32.2. The maximum atomic E-state index is 11.1. The molecule has 0 aromatic heterocycles. The largest absolute Gasteiger partial charge is 0.355 e. The summed E-state index contributed by atoms with van der Waals surface area (Å²) in [7, 11) is 0. The molecule has 2 aliphatic rings. The van der Waals surface area contributed by atoms with E-state index < -0.39 is 0 Å². The lowest BCUT2D eigenvalue weighted by Crippen LogP contribution is -2.47. The molecule has 2 aliphatic heterocycles. The highest BCUT2D eigenvalue weighted by Gasteiger charge is 2.33. The zero-order chi connectivity index (χ0) is 14.4. The summed E-state index contributed by atoms with van der Waals surface area (Å²) >= 11 is 2.08. The number of rotatable bonds is 6. The minimum absolute atomic E-state index is 0.0814. The summed E-state index contributed by atoms with van der Waals surface area (Å²) in [5, 5.41) is 6.45. The van der Waals surface area contributed by atoms with Crippen molar-refractivity contribution in [2.24, 2.45) is 5.41 Å². The van der Waals surface area contributed by atoms with E-state index in [1.54, 1.807) is 6.92 Å². The molecular weight excluding hydrogens is 270 g/mol. The van der Waals surface area contributed by atoms with Crippen LogP contribution in [0.2, 0.25) is 0 Å². The van der Waals surface area contributed by atoms with Gasteiger partial charge in [0.05, 0.1) is 0 Å². The molecular formula is C15H29N3OS. The average Bonchev–Trinajstić information content (AvgIpc) is 2.85. The number of hydrogen-bond donors (Lipinski definition) is 2. The highest BCUT2D eigenvalue weighted by Crippen LogP contribution is 2.29. The van der Waals surface area contributed by atoms with E-state index in [9.17, 15) is 4.79 Å². The van der Waals surface area contributed by atoms with Crippen LogP contribution in [0.5, 0.6) is 0 Å². The van der Waals surface area contributed by atoms with E-state index in [1.807, 2.05) is 0 Å². The predicted octanol–water partition coefficient (Wildman–Crippen LogP) is 1.32. The summed E-state index contributed by atoms with van der Waals surface area (Å²) in [4.78, 5) is 13.7. The third-order valence-corrected chi connectivity index (χ3v) is 5.57. The number of nitrogens with one attached hydrogen (secondary N) is 2. The van der Waals surface area contributed by atoms with Crippen molar-refractivity contribution in [2.45, 2.75) is 39.2 Å². The van der Waals surface area contributed by atoms with Gasteiger partial charge >= 0.3 is 0 Å². The molecule has 1 atom stereocenters. The van der Waals surface area contributed by atoms with E-state index in [2.05, 4.69) is 34.2 Å². The maximum absolute atomic E-state index is 11.1. The maximum Gasteiger partial charge on any atom is 0.216 e. The average molecular weight is 299 g/mol. The molecule has 2 rings (SSSR count). The first-order valence-electron chi connectivity index (χ1n) is 7.86. The Morgan fingerprint density at radius 2 is 2.20 bits per heavy atom. The van der Waals surface area contributed by atoms with E-state index in [4.69, 9.17) is 0 Å². The van der Waals surface area contributed by atoms with E-state index in [0.717, 1.165) is 32.7 Å². The van der Waals surface area contributed by atoms with Crippen molar-refractivity contribution in [3.05, 3.63) is 0 Å². The van der Waals surface area contributed by atoms with Crippen molar-refractivity contribution in [2.75, 3.05) is 44.2 Å². The smallest absolute Gasteiger partial charge is 0.216 e. The Kier molecular flexibility index (Phi) is 6.18. The van der Waals surface area contributed by atoms with Crippen LogP contribution in [0.1, 0.15) is 33.1 Å². The zero-order valence-corrected chi connectivity index (χ0v) is 13.7. The normalized spacial score (nSPS) is 27.9. The molecule has 20 heavy (non-hydrogen) atoms. The second kappa shape index (κ2) is 7.66. The first-order chi connectivity index (χ1) is 9.59. The van der Waals surface area contributed by atoms with Crippen LogP contribution in [-0.4, -0.2) is 61.1 Å². The van der Waals surface area contributed by atoms with Crippen LogP contribution < -0.4 is 10.6 Å². The van der Waals surface area contributed by atoms with Gasteiger partial charge in [0.1, 0.15) is 0 Å². The lowest BCUT2D eigenvalue weighted by atomic mass is 9.88. The van der Waals surface area contributed by atoms with E-state index in [1.165, 1.54) is 30.8 Å². The van der Waals surface area contributed by atoms with Gasteiger partial charge in [0.25, 0.3) is 0 Å². The van der Waals surface area contributed by atoms with Crippen molar-refractivity contribution < 1.29 is 4.79 Å². The predicted molar refractivity (Wildman–Crippen MR) is 86.2 cm³/mol. The van der Waals surface area contributed by atoms with Gasteiger partial charge in [0.2, 0.25) is 5.91 Å². The molecule has 0 radical (unpaired) electrons. The van der Waals surface area contributed by atoms with Gasteiger partial charge in [-0.05, 0) is 42.7 Å². The number of hydrogen-bond acceptors (Lipinski definition) is 4. The minimum Gasteiger partial charge on any atom is -0.355 e. The summed E-state index contributed by atoms with van der Waals surface area (Å²) in [6.07, 6.45) is 3.87. The van der Waals surface area contributed by atoms with Gasteiger partial charge < -0.3 is 10.6 Å². The lowest BCUT2D eigenvalue weighted by Gasteiger charge is -2.39. The van der Waals surface area contributed by atoms with Crippen molar-refractivity contribution in [1.29, 1.82) is 0 Å². The van der Waals surface area contributed by atoms with Gasteiger partial charge in [-0.3, -0.25) is 9.69 Å². The second-order valence-corrected chi connectivity index (χ2v) is 7.76. The Bertz CT molecular complexity index is 312. The van der Waals surface area contributed by atoms with Crippen molar-refractivity contribution in [3.63, 3.8) is 0 Å². The molecule has 2 saturated heterocycles. The molecule has 0 saturated carbocycles. The summed E-state index contributed by atoms with van der Waals surface area (Å²) in [5.74, 6) is 2.66. The molecule has 4 nitrogen and oxygen atoms in total. The van der Waals surface area contributed by atoms with Crippen LogP contribution in [0.15, 0.2) is 0 Å². The monoisotopic (exact) mass is 299 g/mol. The van der Waals surface area contributed by atoms with Gasteiger partial charge in [-0.15, -0.1) is 0 Å². The highest BCUT2D eigenvalue weighted by molar-refractivity contribution is 7.99. The van der Waals surface area contributed by atoms with E-state index in [-0.39, 0.29) is 5.91 Å². The van der Waals surface area contributed by atoms with Crippen molar-refractivity contribution >= 4 is 17.7 Å². The molecule has 1 amide bonds. The van der Waals surface area contributed by atoms with E-state index >= 15 is 0 Å². The molecule has 116 valence electrons. The summed E-state index contributed by atoms with van der Waals surface area (Å²) in [6, 6.07) is 0.711. The number of carbonyl (C=O) groups is 1. The molecule has 2 heterocycles. The van der Waals surface area contributed by atoms with Crippen LogP contribution in [0, 0.1) is 5.41 Å². The first kappa shape index (κ1) is 16.1. The number of carbonyl (C=O) groups excluding carboxylic acids is 1. The number of nitrogens with zero attached hydrogens (tertiary/aromatic N) is 1. The summed E-state index contributed by atoms with van der Waals surface area (Å²) in [5.41, 5.74) is 0.404. The number of thioether (sulfide) groups is 1. The molecule has 5 heteroatoms. The minimum atomic E-state index is 0.0814. The van der Waals surface area contributed by atoms with Crippen LogP contribution in [0.4, 0.5) is 0 Å². The van der Waals surface area contributed by atoms with Gasteiger partial charge in [-0.2, -0.15) is 11.8 Å². The second-order valence-electron chi connectivity index (χ2n) is 6.53. The number of amides is 1. The van der Waals surface area contributed by atoms with Gasteiger partial charge in [0.15, 0.2) is 0 Å². The quantitative estimate of drug-likeness (QED) is 0.776. The topological polar surface area (TPSA) is 44.4 Å². The third-order valence-electron chi connectivity index (χ3n) is 4.52. The zero-order valence-electron chi connectivity index (χ0n) is 12.9. The van der Waals surface area contributed by atoms with Crippen molar-refractivity contribution in [1.82, 2.24) is 15.5 Å². The van der Waals surface area contributed by atoms with Gasteiger partial charge in [0, 0.05) is 39.1 Å². The summed E-state index contributed by atoms with van der Waals surface area (Å²) in [6.45, 7) is 9.21. The molecule has 0 spiro atoms. The Morgan fingerprint density at radius 3 is 2.80 bits per heavy atom. The van der Waals surface area contributed by atoms with Crippen LogP contribution in [0.25, 0.3) is 0 Å². The van der Waals surface area contributed by atoms with Gasteiger partial charge in [-0.1, -0.05) is 6.92 Å².